The van der Waals surface area contributed by atoms with Crippen molar-refractivity contribution in [2.45, 2.75) is 19.2 Å². The molecule has 0 aliphatic carbocycles. The minimum Gasteiger partial charge on any atom is -0.363 e. The van der Waals surface area contributed by atoms with Gasteiger partial charge in [-0.25, -0.2) is 0 Å². The zero-order valence-electron chi connectivity index (χ0n) is 11.1. The third kappa shape index (κ3) is 2.90. The minimum absolute atomic E-state index is 0.170. The van der Waals surface area contributed by atoms with Gasteiger partial charge in [0.25, 0.3) is 0 Å². The van der Waals surface area contributed by atoms with E-state index in [1.807, 2.05) is 17.2 Å². The van der Waals surface area contributed by atoms with Gasteiger partial charge in [-0.1, -0.05) is 13.8 Å². The number of carbonyl (C=O) groups is 1. The Kier molecular flexibility index (Phi) is 4.72. The maximum Gasteiger partial charge on any atom is 0.233 e. The number of thioether (sulfide) groups is 1. The smallest absolute Gasteiger partial charge is 0.233 e. The van der Waals surface area contributed by atoms with E-state index in [4.69, 9.17) is 0 Å². The second kappa shape index (κ2) is 6.29. The number of H-pyrrole nitrogens is 1. The van der Waals surface area contributed by atoms with Crippen LogP contribution in [0.15, 0.2) is 18.3 Å². The molecule has 1 fully saturated rings. The number of amides is 1. The van der Waals surface area contributed by atoms with Gasteiger partial charge in [-0.05, 0) is 25.2 Å². The van der Waals surface area contributed by atoms with Gasteiger partial charge in [-0.3, -0.25) is 4.79 Å². The van der Waals surface area contributed by atoms with Crippen molar-refractivity contribution in [1.29, 1.82) is 0 Å². The molecule has 1 unspecified atom stereocenters. The molecule has 1 aliphatic rings. The summed E-state index contributed by atoms with van der Waals surface area (Å²) >= 11 is 1.71. The van der Waals surface area contributed by atoms with E-state index in [1.54, 1.807) is 11.8 Å². The van der Waals surface area contributed by atoms with Crippen LogP contribution in [0.4, 0.5) is 0 Å². The van der Waals surface area contributed by atoms with E-state index in [-0.39, 0.29) is 11.3 Å². The highest BCUT2D eigenvalue weighted by Crippen LogP contribution is 2.37. The lowest BCUT2D eigenvalue weighted by molar-refractivity contribution is -0.128. The van der Waals surface area contributed by atoms with Crippen LogP contribution in [0.3, 0.4) is 0 Å². The molecule has 1 atom stereocenters. The molecule has 0 saturated carbocycles. The van der Waals surface area contributed by atoms with Crippen molar-refractivity contribution in [3.8, 4) is 0 Å². The Morgan fingerprint density at radius 2 is 2.28 bits per heavy atom. The summed E-state index contributed by atoms with van der Waals surface area (Å²) in [6, 6.07) is 4.04. The van der Waals surface area contributed by atoms with Gasteiger partial charge in [-0.15, -0.1) is 11.8 Å². The number of hydrogen-bond donors (Lipinski definition) is 1. The number of aromatic nitrogens is 1. The lowest BCUT2D eigenvalue weighted by atomic mass is 10.3. The van der Waals surface area contributed by atoms with Gasteiger partial charge < -0.3 is 14.8 Å². The van der Waals surface area contributed by atoms with Crippen LogP contribution in [0, 0.1) is 0 Å². The molecule has 1 aromatic rings. The third-order valence-corrected chi connectivity index (χ3v) is 4.65. The number of hydrogen-bond acceptors (Lipinski definition) is 3. The van der Waals surface area contributed by atoms with Crippen LogP contribution in [0.5, 0.6) is 0 Å². The van der Waals surface area contributed by atoms with E-state index in [1.165, 1.54) is 0 Å². The molecule has 100 valence electrons. The summed E-state index contributed by atoms with van der Waals surface area (Å²) in [5.74, 6) is 0.855. The molecule has 0 aromatic carbocycles. The first-order chi connectivity index (χ1) is 8.76. The van der Waals surface area contributed by atoms with Crippen molar-refractivity contribution >= 4 is 17.7 Å². The summed E-state index contributed by atoms with van der Waals surface area (Å²) in [6.45, 7) is 8.17. The highest BCUT2D eigenvalue weighted by molar-refractivity contribution is 8.00. The molecular weight excluding hydrogens is 246 g/mol. The molecule has 1 N–H and O–H groups in total. The number of likely N-dealkylation sites (N-methyl/N-ethyl adjacent to an activating group) is 1. The van der Waals surface area contributed by atoms with Gasteiger partial charge >= 0.3 is 0 Å². The SMILES string of the molecule is CCN(CC)CCN1C(=O)CSC1c1ccc[nH]1. The first-order valence-corrected chi connectivity index (χ1v) is 7.57. The lowest BCUT2D eigenvalue weighted by Crippen LogP contribution is -2.37. The van der Waals surface area contributed by atoms with E-state index in [0.29, 0.717) is 5.75 Å². The van der Waals surface area contributed by atoms with Crippen LogP contribution in [0.1, 0.15) is 24.9 Å². The summed E-state index contributed by atoms with van der Waals surface area (Å²) in [4.78, 5) is 19.5. The molecule has 1 saturated heterocycles. The zero-order chi connectivity index (χ0) is 13.0. The average molecular weight is 267 g/mol. The van der Waals surface area contributed by atoms with Gasteiger partial charge in [-0.2, -0.15) is 0 Å². The molecule has 1 amide bonds. The first kappa shape index (κ1) is 13.5. The predicted molar refractivity (Wildman–Crippen MR) is 75.5 cm³/mol. The number of nitrogens with zero attached hydrogens (tertiary/aromatic N) is 2. The Bertz CT molecular complexity index is 376. The molecule has 1 aliphatic heterocycles. The molecule has 18 heavy (non-hydrogen) atoms. The molecule has 2 rings (SSSR count). The van der Waals surface area contributed by atoms with Crippen LogP contribution in [-0.2, 0) is 4.79 Å². The van der Waals surface area contributed by atoms with E-state index in [0.717, 1.165) is 31.9 Å². The fraction of sp³-hybridized carbons (Fsp3) is 0.615. The molecule has 0 spiro atoms. The lowest BCUT2D eigenvalue weighted by Gasteiger charge is -2.26. The largest absolute Gasteiger partial charge is 0.363 e. The molecular formula is C13H21N3OS. The number of aromatic amines is 1. The Morgan fingerprint density at radius 1 is 1.50 bits per heavy atom. The van der Waals surface area contributed by atoms with E-state index >= 15 is 0 Å². The molecule has 2 heterocycles. The highest BCUT2D eigenvalue weighted by atomic mass is 32.2. The third-order valence-electron chi connectivity index (χ3n) is 3.41. The van der Waals surface area contributed by atoms with Gasteiger partial charge in [0, 0.05) is 25.0 Å². The summed E-state index contributed by atoms with van der Waals surface area (Å²) in [7, 11) is 0. The van der Waals surface area contributed by atoms with Crippen LogP contribution >= 0.6 is 11.8 Å². The van der Waals surface area contributed by atoms with Crippen molar-refractivity contribution in [3.05, 3.63) is 24.0 Å². The Balaban J connectivity index is 1.98. The maximum atomic E-state index is 11.9. The second-order valence-corrected chi connectivity index (χ2v) is 5.47. The average Bonchev–Trinajstić information content (AvgIpc) is 3.00. The minimum atomic E-state index is 0.170. The van der Waals surface area contributed by atoms with E-state index in [2.05, 4.69) is 29.8 Å². The first-order valence-electron chi connectivity index (χ1n) is 6.53. The predicted octanol–water partition coefficient (Wildman–Crippen LogP) is 1.93. The molecule has 4 nitrogen and oxygen atoms in total. The van der Waals surface area contributed by atoms with Crippen molar-refractivity contribution in [2.75, 3.05) is 31.9 Å². The van der Waals surface area contributed by atoms with E-state index < -0.39 is 0 Å². The Hall–Kier alpha value is -0.940. The number of carbonyl (C=O) groups excluding carboxylic acids is 1. The summed E-state index contributed by atoms with van der Waals surface area (Å²) in [5, 5.41) is 0.170. The summed E-state index contributed by atoms with van der Waals surface area (Å²) < 4.78 is 0. The normalized spacial score (nSPS) is 20.1. The topological polar surface area (TPSA) is 39.3 Å². The highest BCUT2D eigenvalue weighted by Gasteiger charge is 2.33. The fourth-order valence-electron chi connectivity index (χ4n) is 2.24. The standard InChI is InChI=1S/C13H21N3OS/c1-3-15(4-2)8-9-16-12(17)10-18-13(16)11-6-5-7-14-11/h5-7,13-14H,3-4,8-10H2,1-2H3. The zero-order valence-corrected chi connectivity index (χ0v) is 11.9. The maximum absolute atomic E-state index is 11.9. The molecule has 1 aromatic heterocycles. The molecule has 0 radical (unpaired) electrons. The van der Waals surface area contributed by atoms with Gasteiger partial charge in [0.15, 0.2) is 0 Å². The summed E-state index contributed by atoms with van der Waals surface area (Å²) in [5.41, 5.74) is 1.13. The second-order valence-electron chi connectivity index (χ2n) is 4.40. The number of rotatable bonds is 6. The van der Waals surface area contributed by atoms with Crippen molar-refractivity contribution in [1.82, 2.24) is 14.8 Å². The van der Waals surface area contributed by atoms with Crippen LogP contribution in [-0.4, -0.2) is 52.6 Å². The van der Waals surface area contributed by atoms with Crippen molar-refractivity contribution in [2.24, 2.45) is 0 Å². The van der Waals surface area contributed by atoms with Crippen molar-refractivity contribution in [3.63, 3.8) is 0 Å². The Morgan fingerprint density at radius 3 is 2.89 bits per heavy atom. The summed E-state index contributed by atoms with van der Waals surface area (Å²) in [6.07, 6.45) is 1.92. The quantitative estimate of drug-likeness (QED) is 0.856. The van der Waals surface area contributed by atoms with Crippen molar-refractivity contribution < 1.29 is 4.79 Å². The van der Waals surface area contributed by atoms with Gasteiger partial charge in [0.05, 0.1) is 5.75 Å². The fourth-order valence-corrected chi connectivity index (χ4v) is 3.44. The van der Waals surface area contributed by atoms with Crippen LogP contribution in [0.2, 0.25) is 0 Å². The van der Waals surface area contributed by atoms with Crippen LogP contribution < -0.4 is 0 Å². The Labute approximate surface area is 113 Å². The molecule has 5 heteroatoms. The van der Waals surface area contributed by atoms with Crippen LogP contribution in [0.25, 0.3) is 0 Å². The van der Waals surface area contributed by atoms with Gasteiger partial charge in [0.2, 0.25) is 5.91 Å². The number of nitrogens with one attached hydrogen (secondary N) is 1. The van der Waals surface area contributed by atoms with Gasteiger partial charge in [0.1, 0.15) is 5.37 Å². The molecule has 0 bridgehead atoms. The monoisotopic (exact) mass is 267 g/mol. The van der Waals surface area contributed by atoms with E-state index in [9.17, 15) is 4.79 Å².